The van der Waals surface area contributed by atoms with Crippen molar-refractivity contribution in [3.05, 3.63) is 42.0 Å². The molecule has 2 bridgehead atoms. The molecule has 0 saturated heterocycles. The number of rotatable bonds is 3. The van der Waals surface area contributed by atoms with Crippen LogP contribution in [0.5, 0.6) is 5.75 Å². The topological polar surface area (TPSA) is 61.7 Å². The summed E-state index contributed by atoms with van der Waals surface area (Å²) in [6.07, 6.45) is 8.76. The van der Waals surface area contributed by atoms with E-state index in [2.05, 4.69) is 22.7 Å². The Bertz CT molecular complexity index is 534. The summed E-state index contributed by atoms with van der Waals surface area (Å²) >= 11 is 0. The highest BCUT2D eigenvalue weighted by Crippen LogP contribution is 2.42. The first kappa shape index (κ1) is 12.0. The molecule has 3 rings (SSSR count). The minimum atomic E-state index is -0.255. The third-order valence-corrected chi connectivity index (χ3v) is 3.89. The zero-order valence-corrected chi connectivity index (χ0v) is 10.5. The number of carbonyl (C=O) groups is 1. The molecule has 1 amide bonds. The lowest BCUT2D eigenvalue weighted by atomic mass is 9.95. The van der Waals surface area contributed by atoms with Gasteiger partial charge in [-0.25, -0.2) is 5.43 Å². The Morgan fingerprint density at radius 1 is 1.26 bits per heavy atom. The largest absolute Gasteiger partial charge is 0.508 e. The summed E-state index contributed by atoms with van der Waals surface area (Å²) < 4.78 is 0. The smallest absolute Gasteiger partial charge is 0.271 e. The molecular formula is C15H16N2O2. The zero-order chi connectivity index (χ0) is 13.2. The molecule has 1 fully saturated rings. The van der Waals surface area contributed by atoms with E-state index in [0.29, 0.717) is 23.3 Å². The van der Waals surface area contributed by atoms with E-state index in [9.17, 15) is 4.79 Å². The molecule has 0 aromatic heterocycles. The molecule has 2 N–H and O–H groups in total. The van der Waals surface area contributed by atoms with Crippen LogP contribution in [-0.2, 0) is 0 Å². The quantitative estimate of drug-likeness (QED) is 0.495. The van der Waals surface area contributed by atoms with E-state index in [-0.39, 0.29) is 11.7 Å². The summed E-state index contributed by atoms with van der Waals surface area (Å²) in [5.41, 5.74) is 3.02. The molecule has 3 unspecified atom stereocenters. The predicted octanol–water partition coefficient (Wildman–Crippen LogP) is 2.32. The Kier molecular flexibility index (Phi) is 3.07. The van der Waals surface area contributed by atoms with E-state index < -0.39 is 0 Å². The number of amides is 1. The zero-order valence-electron chi connectivity index (χ0n) is 10.5. The van der Waals surface area contributed by atoms with E-state index in [4.69, 9.17) is 5.11 Å². The standard InChI is InChI=1S/C15H16N2O2/c18-14-5-3-11(4-6-14)15(19)17-16-9-13-8-10-1-2-12(13)7-10/h1-6,9-10,12-13,18H,7-8H2,(H,17,19)/b16-9+. The van der Waals surface area contributed by atoms with Crippen molar-refractivity contribution in [2.75, 3.05) is 0 Å². The molecule has 1 aromatic carbocycles. The summed E-state index contributed by atoms with van der Waals surface area (Å²) in [7, 11) is 0. The Morgan fingerprint density at radius 3 is 2.68 bits per heavy atom. The number of nitrogens with one attached hydrogen (secondary N) is 1. The molecule has 3 atom stereocenters. The van der Waals surface area contributed by atoms with Gasteiger partial charge >= 0.3 is 0 Å². The Morgan fingerprint density at radius 2 is 2.05 bits per heavy atom. The van der Waals surface area contributed by atoms with Crippen LogP contribution in [0.4, 0.5) is 0 Å². The van der Waals surface area contributed by atoms with Crippen LogP contribution in [0, 0.1) is 17.8 Å². The lowest BCUT2D eigenvalue weighted by molar-refractivity contribution is 0.0955. The van der Waals surface area contributed by atoms with E-state index in [1.807, 2.05) is 6.21 Å². The SMILES string of the molecule is O=C(N/N=C/C1CC2C=CC1C2)c1ccc(O)cc1. The van der Waals surface area contributed by atoms with Gasteiger partial charge in [-0.1, -0.05) is 12.2 Å². The number of carbonyl (C=O) groups excluding carboxylic acids is 1. The first-order valence-corrected chi connectivity index (χ1v) is 6.53. The van der Waals surface area contributed by atoms with Crippen LogP contribution in [0.25, 0.3) is 0 Å². The molecule has 98 valence electrons. The van der Waals surface area contributed by atoms with Crippen LogP contribution in [0.2, 0.25) is 0 Å². The fourth-order valence-electron chi connectivity index (χ4n) is 2.86. The number of fused-ring (bicyclic) bond motifs is 2. The fraction of sp³-hybridized carbons (Fsp3) is 0.333. The van der Waals surface area contributed by atoms with Gasteiger partial charge in [-0.2, -0.15) is 5.10 Å². The molecule has 2 aliphatic rings. The second kappa shape index (κ2) is 4.88. The normalized spacial score (nSPS) is 28.1. The summed E-state index contributed by atoms with van der Waals surface area (Å²) in [4.78, 5) is 11.8. The molecule has 0 spiro atoms. The summed E-state index contributed by atoms with van der Waals surface area (Å²) in [6, 6.07) is 6.11. The van der Waals surface area contributed by atoms with E-state index in [1.165, 1.54) is 18.6 Å². The van der Waals surface area contributed by atoms with Gasteiger partial charge < -0.3 is 5.11 Å². The Balaban J connectivity index is 1.56. The first-order chi connectivity index (χ1) is 9.22. The van der Waals surface area contributed by atoms with Crippen molar-refractivity contribution in [2.24, 2.45) is 22.9 Å². The third-order valence-electron chi connectivity index (χ3n) is 3.89. The van der Waals surface area contributed by atoms with Crippen molar-refractivity contribution in [3.8, 4) is 5.75 Å². The maximum atomic E-state index is 11.8. The van der Waals surface area contributed by atoms with Gasteiger partial charge in [-0.15, -0.1) is 0 Å². The lowest BCUT2D eigenvalue weighted by Gasteiger charge is -2.11. The molecular weight excluding hydrogens is 240 g/mol. The van der Waals surface area contributed by atoms with Crippen molar-refractivity contribution >= 4 is 12.1 Å². The average molecular weight is 256 g/mol. The highest BCUT2D eigenvalue weighted by atomic mass is 16.3. The number of allylic oxidation sites excluding steroid dienone is 2. The number of hydrogen-bond acceptors (Lipinski definition) is 3. The number of hydrazone groups is 1. The second-order valence-electron chi connectivity index (χ2n) is 5.21. The Hall–Kier alpha value is -2.10. The van der Waals surface area contributed by atoms with Crippen molar-refractivity contribution in [1.29, 1.82) is 0 Å². The molecule has 0 aliphatic heterocycles. The molecule has 4 nitrogen and oxygen atoms in total. The van der Waals surface area contributed by atoms with Crippen LogP contribution < -0.4 is 5.43 Å². The van der Waals surface area contributed by atoms with Gasteiger partial charge in [0.2, 0.25) is 0 Å². The van der Waals surface area contributed by atoms with Gasteiger partial charge in [-0.05, 0) is 48.9 Å². The van der Waals surface area contributed by atoms with E-state index in [1.54, 1.807) is 12.1 Å². The van der Waals surface area contributed by atoms with Crippen LogP contribution in [0.3, 0.4) is 0 Å². The van der Waals surface area contributed by atoms with Gasteiger partial charge in [0.15, 0.2) is 0 Å². The second-order valence-corrected chi connectivity index (χ2v) is 5.21. The number of hydrogen-bond donors (Lipinski definition) is 2. The lowest BCUT2D eigenvalue weighted by Crippen LogP contribution is -2.19. The van der Waals surface area contributed by atoms with Crippen molar-refractivity contribution in [3.63, 3.8) is 0 Å². The predicted molar refractivity (Wildman–Crippen MR) is 72.9 cm³/mol. The van der Waals surface area contributed by atoms with E-state index in [0.717, 1.165) is 6.42 Å². The number of aromatic hydroxyl groups is 1. The van der Waals surface area contributed by atoms with Crippen molar-refractivity contribution in [1.82, 2.24) is 5.43 Å². The van der Waals surface area contributed by atoms with Gasteiger partial charge in [0, 0.05) is 17.7 Å². The molecule has 4 heteroatoms. The average Bonchev–Trinajstić information content (AvgIpc) is 3.02. The monoisotopic (exact) mass is 256 g/mol. The van der Waals surface area contributed by atoms with E-state index >= 15 is 0 Å². The number of phenolic OH excluding ortho intramolecular Hbond substituents is 1. The van der Waals surface area contributed by atoms with Gasteiger partial charge in [-0.3, -0.25) is 4.79 Å². The van der Waals surface area contributed by atoms with Gasteiger partial charge in [0.05, 0.1) is 0 Å². The van der Waals surface area contributed by atoms with Gasteiger partial charge in [0.25, 0.3) is 5.91 Å². The summed E-state index contributed by atoms with van der Waals surface area (Å²) in [5.74, 6) is 1.65. The molecule has 1 aromatic rings. The molecule has 0 heterocycles. The fourth-order valence-corrected chi connectivity index (χ4v) is 2.86. The number of phenols is 1. The van der Waals surface area contributed by atoms with Crippen molar-refractivity contribution in [2.45, 2.75) is 12.8 Å². The van der Waals surface area contributed by atoms with Crippen molar-refractivity contribution < 1.29 is 9.90 Å². The highest BCUT2D eigenvalue weighted by Gasteiger charge is 2.34. The molecule has 0 radical (unpaired) electrons. The maximum Gasteiger partial charge on any atom is 0.271 e. The van der Waals surface area contributed by atoms with Crippen LogP contribution >= 0.6 is 0 Å². The van der Waals surface area contributed by atoms with Crippen LogP contribution in [-0.4, -0.2) is 17.2 Å². The van der Waals surface area contributed by atoms with Crippen LogP contribution in [0.15, 0.2) is 41.5 Å². The summed E-state index contributed by atoms with van der Waals surface area (Å²) in [5, 5.41) is 13.2. The molecule has 1 saturated carbocycles. The highest BCUT2D eigenvalue weighted by molar-refractivity contribution is 5.94. The minimum absolute atomic E-state index is 0.147. The number of nitrogens with zero attached hydrogens (tertiary/aromatic N) is 1. The van der Waals surface area contributed by atoms with Crippen LogP contribution in [0.1, 0.15) is 23.2 Å². The first-order valence-electron chi connectivity index (χ1n) is 6.53. The molecule has 19 heavy (non-hydrogen) atoms. The third kappa shape index (κ3) is 2.52. The summed E-state index contributed by atoms with van der Waals surface area (Å²) in [6.45, 7) is 0. The Labute approximate surface area is 111 Å². The minimum Gasteiger partial charge on any atom is -0.508 e. The van der Waals surface area contributed by atoms with Gasteiger partial charge in [0.1, 0.15) is 5.75 Å². The number of benzene rings is 1. The maximum absolute atomic E-state index is 11.8. The molecule has 2 aliphatic carbocycles.